The molecule has 0 aliphatic rings. The zero-order valence-electron chi connectivity index (χ0n) is 32.0. The van der Waals surface area contributed by atoms with E-state index in [4.69, 9.17) is 0 Å². The van der Waals surface area contributed by atoms with E-state index in [2.05, 4.69) is 35.6 Å². The number of hydrogen-bond donors (Lipinski definition) is 6. The minimum Gasteiger partial charge on any atom is -0.507 e. The number of amides is 4. The lowest BCUT2D eigenvalue weighted by Gasteiger charge is -2.10. The summed E-state index contributed by atoms with van der Waals surface area (Å²) >= 11 is 0. The van der Waals surface area contributed by atoms with Crippen LogP contribution in [0.15, 0.2) is 36.4 Å². The Morgan fingerprint density at radius 1 is 0.442 bits per heavy atom. The van der Waals surface area contributed by atoms with E-state index in [9.17, 15) is 29.4 Å². The minimum atomic E-state index is -0.530. The van der Waals surface area contributed by atoms with Crippen LogP contribution in [0.3, 0.4) is 0 Å². The zero-order chi connectivity index (χ0) is 37.8. The Morgan fingerprint density at radius 3 is 1.13 bits per heavy atom. The third-order valence-electron chi connectivity index (χ3n) is 9.44. The molecule has 0 saturated heterocycles. The average Bonchev–Trinajstić information content (AvgIpc) is 3.14. The van der Waals surface area contributed by atoms with Crippen LogP contribution < -0.4 is 21.7 Å². The first kappa shape index (κ1) is 44.1. The summed E-state index contributed by atoms with van der Waals surface area (Å²) in [4.78, 5) is 49.7. The highest BCUT2D eigenvalue weighted by Crippen LogP contribution is 2.21. The van der Waals surface area contributed by atoms with Crippen molar-refractivity contribution in [1.29, 1.82) is 0 Å². The standard InChI is InChI=1S/C42H66N4O6/c1-3-5-7-9-15-19-23-33-27-29-37(47)35(31-33)41(51)45-43-39(49)25-21-17-13-11-12-14-18-22-26-40(50)44-46-42(52)36-32-34(28-30-38(36)48)24-20-16-10-8-6-4-2/h27-32,47-48H,3-26H2,1-2H3,(H,43,49)(H,44,50)(H,45,51)(H,46,52). The summed E-state index contributed by atoms with van der Waals surface area (Å²) < 4.78 is 0. The lowest BCUT2D eigenvalue weighted by atomic mass is 10.0. The highest BCUT2D eigenvalue weighted by molar-refractivity contribution is 5.98. The van der Waals surface area contributed by atoms with E-state index in [1.165, 1.54) is 63.5 Å². The molecule has 290 valence electrons. The molecule has 4 amide bonds. The summed E-state index contributed by atoms with van der Waals surface area (Å²) in [6.07, 6.45) is 23.9. The summed E-state index contributed by atoms with van der Waals surface area (Å²) in [5.41, 5.74) is 12.1. The summed E-state index contributed by atoms with van der Waals surface area (Å²) in [7, 11) is 0. The minimum absolute atomic E-state index is 0.108. The molecule has 52 heavy (non-hydrogen) atoms. The van der Waals surface area contributed by atoms with Crippen LogP contribution in [0.1, 0.15) is 187 Å². The van der Waals surface area contributed by atoms with Gasteiger partial charge in [0.1, 0.15) is 11.5 Å². The van der Waals surface area contributed by atoms with E-state index in [-0.39, 0.29) is 34.4 Å². The SMILES string of the molecule is CCCCCCCCc1ccc(O)c(C(=O)NNC(=O)CCCCCCCCCCC(=O)NNC(=O)c2cc(CCCCCCCC)ccc2O)c1. The van der Waals surface area contributed by atoms with E-state index < -0.39 is 11.8 Å². The number of hydrazine groups is 2. The molecular weight excluding hydrogens is 656 g/mol. The Balaban J connectivity index is 1.49. The second kappa shape index (κ2) is 27.6. The molecule has 0 unspecified atom stereocenters. The molecule has 0 aliphatic heterocycles. The van der Waals surface area contributed by atoms with E-state index >= 15 is 0 Å². The molecule has 10 nitrogen and oxygen atoms in total. The molecule has 2 aromatic carbocycles. The van der Waals surface area contributed by atoms with Gasteiger partial charge in [0.15, 0.2) is 0 Å². The number of phenols is 2. The normalized spacial score (nSPS) is 10.9. The smallest absolute Gasteiger partial charge is 0.273 e. The molecular formula is C42H66N4O6. The molecule has 0 radical (unpaired) electrons. The van der Waals surface area contributed by atoms with Crippen LogP contribution >= 0.6 is 0 Å². The highest BCUT2D eigenvalue weighted by Gasteiger charge is 2.14. The van der Waals surface area contributed by atoms with Crippen molar-refractivity contribution in [1.82, 2.24) is 21.7 Å². The lowest BCUT2D eigenvalue weighted by Crippen LogP contribution is -2.41. The predicted octanol–water partition coefficient (Wildman–Crippen LogP) is 9.03. The van der Waals surface area contributed by atoms with Gasteiger partial charge in [0.05, 0.1) is 11.1 Å². The molecule has 0 heterocycles. The Labute approximate surface area is 312 Å². The Bertz CT molecular complexity index is 1250. The number of aryl methyl sites for hydroxylation is 2. The fraction of sp³-hybridized carbons (Fsp3) is 0.619. The summed E-state index contributed by atoms with van der Waals surface area (Å²) in [6.45, 7) is 4.40. The predicted molar refractivity (Wildman–Crippen MR) is 208 cm³/mol. The molecule has 0 aliphatic carbocycles. The van der Waals surface area contributed by atoms with E-state index in [1.54, 1.807) is 12.1 Å². The zero-order valence-corrected chi connectivity index (χ0v) is 32.0. The maximum Gasteiger partial charge on any atom is 0.273 e. The van der Waals surface area contributed by atoms with Gasteiger partial charge in [0, 0.05) is 12.8 Å². The van der Waals surface area contributed by atoms with Crippen LogP contribution in [0.2, 0.25) is 0 Å². The Kier molecular flexibility index (Phi) is 23.4. The fourth-order valence-electron chi connectivity index (χ4n) is 6.20. The number of phenolic OH excluding ortho intramolecular Hbond substituents is 2. The third kappa shape index (κ3) is 19.5. The molecule has 2 aromatic rings. The number of hydrogen-bond acceptors (Lipinski definition) is 6. The van der Waals surface area contributed by atoms with Gasteiger partial charge in [0.2, 0.25) is 11.8 Å². The van der Waals surface area contributed by atoms with Gasteiger partial charge in [-0.3, -0.25) is 40.9 Å². The molecule has 0 spiro atoms. The number of carbonyl (C=O) groups excluding carboxylic acids is 4. The summed E-state index contributed by atoms with van der Waals surface area (Å²) in [5, 5.41) is 20.3. The second-order valence-electron chi connectivity index (χ2n) is 14.1. The summed E-state index contributed by atoms with van der Waals surface area (Å²) in [6, 6.07) is 10.1. The lowest BCUT2D eigenvalue weighted by molar-refractivity contribution is -0.122. The number of unbranched alkanes of at least 4 members (excludes halogenated alkanes) is 17. The van der Waals surface area contributed by atoms with Gasteiger partial charge in [-0.15, -0.1) is 0 Å². The highest BCUT2D eigenvalue weighted by atomic mass is 16.3. The van der Waals surface area contributed by atoms with Gasteiger partial charge in [0.25, 0.3) is 11.8 Å². The van der Waals surface area contributed by atoms with E-state index in [1.807, 2.05) is 12.1 Å². The number of rotatable bonds is 27. The van der Waals surface area contributed by atoms with Crippen molar-refractivity contribution in [3.63, 3.8) is 0 Å². The van der Waals surface area contributed by atoms with Crippen LogP contribution in [0.5, 0.6) is 11.5 Å². The number of nitrogens with one attached hydrogen (secondary N) is 4. The first-order valence-electron chi connectivity index (χ1n) is 20.1. The van der Waals surface area contributed by atoms with Gasteiger partial charge in [-0.05, 0) is 73.9 Å². The molecule has 0 saturated carbocycles. The van der Waals surface area contributed by atoms with Gasteiger partial charge in [-0.1, -0.05) is 129 Å². The Hall–Kier alpha value is -4.08. The maximum atomic E-state index is 12.6. The van der Waals surface area contributed by atoms with Gasteiger partial charge in [-0.2, -0.15) is 0 Å². The van der Waals surface area contributed by atoms with Crippen molar-refractivity contribution < 1.29 is 29.4 Å². The monoisotopic (exact) mass is 722 g/mol. The van der Waals surface area contributed by atoms with Crippen molar-refractivity contribution >= 4 is 23.6 Å². The third-order valence-corrected chi connectivity index (χ3v) is 9.44. The van der Waals surface area contributed by atoms with Gasteiger partial charge >= 0.3 is 0 Å². The van der Waals surface area contributed by atoms with Gasteiger partial charge < -0.3 is 10.2 Å². The number of benzene rings is 2. The van der Waals surface area contributed by atoms with Crippen molar-refractivity contribution in [3.05, 3.63) is 58.7 Å². The van der Waals surface area contributed by atoms with Crippen molar-refractivity contribution in [2.75, 3.05) is 0 Å². The maximum absolute atomic E-state index is 12.6. The first-order valence-corrected chi connectivity index (χ1v) is 20.1. The van der Waals surface area contributed by atoms with Crippen molar-refractivity contribution in [2.24, 2.45) is 0 Å². The van der Waals surface area contributed by atoms with Crippen LogP contribution in [-0.4, -0.2) is 33.8 Å². The summed E-state index contributed by atoms with van der Waals surface area (Å²) in [5.74, 6) is -1.81. The number of carbonyl (C=O) groups is 4. The molecule has 0 aromatic heterocycles. The molecule has 10 heteroatoms. The fourth-order valence-corrected chi connectivity index (χ4v) is 6.20. The van der Waals surface area contributed by atoms with E-state index in [0.717, 1.165) is 88.2 Å². The second-order valence-corrected chi connectivity index (χ2v) is 14.1. The van der Waals surface area contributed by atoms with Crippen molar-refractivity contribution in [2.45, 2.75) is 168 Å². The Morgan fingerprint density at radius 2 is 0.769 bits per heavy atom. The molecule has 0 bridgehead atoms. The molecule has 0 atom stereocenters. The average molecular weight is 723 g/mol. The largest absolute Gasteiger partial charge is 0.507 e. The molecule has 2 rings (SSSR count). The van der Waals surface area contributed by atoms with Crippen LogP contribution in [-0.2, 0) is 22.4 Å². The first-order chi connectivity index (χ1) is 25.2. The topological polar surface area (TPSA) is 157 Å². The van der Waals surface area contributed by atoms with Crippen LogP contribution in [0.4, 0.5) is 0 Å². The van der Waals surface area contributed by atoms with E-state index in [0.29, 0.717) is 25.7 Å². The van der Waals surface area contributed by atoms with Crippen LogP contribution in [0, 0.1) is 0 Å². The van der Waals surface area contributed by atoms with Crippen LogP contribution in [0.25, 0.3) is 0 Å². The van der Waals surface area contributed by atoms with Gasteiger partial charge in [-0.25, -0.2) is 0 Å². The quantitative estimate of drug-likeness (QED) is 0.0399. The molecule has 0 fully saturated rings. The number of aromatic hydroxyl groups is 2. The van der Waals surface area contributed by atoms with Crippen molar-refractivity contribution in [3.8, 4) is 11.5 Å². The molecule has 6 N–H and O–H groups in total.